The highest BCUT2D eigenvalue weighted by Crippen LogP contribution is 2.11. The molecule has 0 atom stereocenters. The van der Waals surface area contributed by atoms with Crippen LogP contribution in [0.15, 0.2) is 0 Å². The molecular formula is C11H21BrN2O. The van der Waals surface area contributed by atoms with Crippen molar-refractivity contribution in [3.05, 3.63) is 0 Å². The van der Waals surface area contributed by atoms with Crippen LogP contribution in [0.2, 0.25) is 0 Å². The normalized spacial score (nSPS) is 19.1. The van der Waals surface area contributed by atoms with Gasteiger partial charge in [0.05, 0.1) is 0 Å². The van der Waals surface area contributed by atoms with Crippen LogP contribution in [0.1, 0.15) is 32.6 Å². The zero-order chi connectivity index (χ0) is 11.1. The fraction of sp³-hybridized carbons (Fsp3) is 0.909. The number of carbonyl (C=O) groups excluding carboxylic acids is 1. The topological polar surface area (TPSA) is 32.3 Å². The van der Waals surface area contributed by atoms with Gasteiger partial charge in [0.2, 0.25) is 5.91 Å². The third-order valence-corrected chi connectivity index (χ3v) is 3.41. The number of alkyl halides is 1. The fourth-order valence-electron chi connectivity index (χ4n) is 2.02. The molecule has 3 nitrogen and oxygen atoms in total. The molecule has 88 valence electrons. The first-order valence-electron chi connectivity index (χ1n) is 5.78. The van der Waals surface area contributed by atoms with E-state index in [9.17, 15) is 4.79 Å². The van der Waals surface area contributed by atoms with E-state index in [0.717, 1.165) is 31.3 Å². The van der Waals surface area contributed by atoms with Gasteiger partial charge in [0.15, 0.2) is 0 Å². The molecule has 0 aromatic rings. The summed E-state index contributed by atoms with van der Waals surface area (Å²) in [6.07, 6.45) is 4.74. The number of carbonyl (C=O) groups is 1. The number of hydrogen-bond donors (Lipinski definition) is 1. The maximum absolute atomic E-state index is 10.9. The molecule has 1 heterocycles. The lowest BCUT2D eigenvalue weighted by atomic mass is 10.0. The van der Waals surface area contributed by atoms with Crippen molar-refractivity contribution >= 4 is 21.8 Å². The Morgan fingerprint density at radius 3 is 2.60 bits per heavy atom. The molecule has 1 fully saturated rings. The van der Waals surface area contributed by atoms with E-state index in [1.165, 1.54) is 19.4 Å². The predicted octanol–water partition coefficient (Wildman–Crippen LogP) is 1.76. The number of halogens is 1. The molecule has 0 aliphatic carbocycles. The largest absolute Gasteiger partial charge is 0.354 e. The number of amides is 1. The molecule has 0 aromatic carbocycles. The van der Waals surface area contributed by atoms with Gasteiger partial charge in [0.25, 0.3) is 0 Å². The molecule has 4 heteroatoms. The molecule has 1 aliphatic heterocycles. The molecule has 1 saturated heterocycles. The molecule has 1 aliphatic rings. The maximum Gasteiger partial charge on any atom is 0.217 e. The lowest BCUT2D eigenvalue weighted by molar-refractivity contribution is -0.119. The lowest BCUT2D eigenvalue weighted by Gasteiger charge is -2.32. The molecular weight excluding hydrogens is 256 g/mol. The van der Waals surface area contributed by atoms with Crippen LogP contribution in [0.25, 0.3) is 0 Å². The van der Waals surface area contributed by atoms with Crippen LogP contribution in [-0.2, 0) is 4.79 Å². The second-order valence-electron chi connectivity index (χ2n) is 4.21. The monoisotopic (exact) mass is 276 g/mol. The number of unbranched alkanes of at least 4 members (excludes halogenated alkanes) is 1. The summed E-state index contributed by atoms with van der Waals surface area (Å²) in [6, 6.07) is 0.412. The van der Waals surface area contributed by atoms with E-state index >= 15 is 0 Å². The SMILES string of the molecule is CC(=O)NC1CCN(CCCCBr)CC1. The maximum atomic E-state index is 10.9. The zero-order valence-electron chi connectivity index (χ0n) is 9.47. The summed E-state index contributed by atoms with van der Waals surface area (Å²) in [7, 11) is 0. The van der Waals surface area contributed by atoms with E-state index in [0.29, 0.717) is 6.04 Å². The summed E-state index contributed by atoms with van der Waals surface area (Å²) >= 11 is 3.45. The standard InChI is InChI=1S/C11H21BrN2O/c1-10(15)13-11-4-8-14(9-5-11)7-3-2-6-12/h11H,2-9H2,1H3,(H,13,15). The van der Waals surface area contributed by atoms with Crippen LogP contribution in [0.4, 0.5) is 0 Å². The average molecular weight is 277 g/mol. The first kappa shape index (κ1) is 13.0. The van der Waals surface area contributed by atoms with Gasteiger partial charge in [-0.05, 0) is 32.2 Å². The van der Waals surface area contributed by atoms with Crippen molar-refractivity contribution in [1.82, 2.24) is 10.2 Å². The van der Waals surface area contributed by atoms with Crippen LogP contribution in [0, 0.1) is 0 Å². The van der Waals surface area contributed by atoms with Gasteiger partial charge in [-0.2, -0.15) is 0 Å². The van der Waals surface area contributed by atoms with Crippen LogP contribution in [-0.4, -0.2) is 41.8 Å². The molecule has 1 rings (SSSR count). The summed E-state index contributed by atoms with van der Waals surface area (Å²) in [5.41, 5.74) is 0. The lowest BCUT2D eigenvalue weighted by Crippen LogP contribution is -2.44. The van der Waals surface area contributed by atoms with Crippen LogP contribution in [0.3, 0.4) is 0 Å². The highest BCUT2D eigenvalue weighted by atomic mass is 79.9. The number of likely N-dealkylation sites (tertiary alicyclic amines) is 1. The van der Waals surface area contributed by atoms with E-state index in [4.69, 9.17) is 0 Å². The number of rotatable bonds is 5. The summed E-state index contributed by atoms with van der Waals surface area (Å²) in [4.78, 5) is 13.4. The molecule has 15 heavy (non-hydrogen) atoms. The Morgan fingerprint density at radius 1 is 1.40 bits per heavy atom. The van der Waals surface area contributed by atoms with Crippen molar-refractivity contribution < 1.29 is 4.79 Å². The molecule has 0 bridgehead atoms. The first-order valence-corrected chi connectivity index (χ1v) is 6.90. The van der Waals surface area contributed by atoms with Crippen molar-refractivity contribution in [1.29, 1.82) is 0 Å². The molecule has 0 unspecified atom stereocenters. The summed E-state index contributed by atoms with van der Waals surface area (Å²) < 4.78 is 0. The first-order chi connectivity index (χ1) is 7.22. The van der Waals surface area contributed by atoms with E-state index in [1.807, 2.05) is 0 Å². The number of piperidine rings is 1. The Morgan fingerprint density at radius 2 is 2.07 bits per heavy atom. The molecule has 0 spiro atoms. The highest BCUT2D eigenvalue weighted by molar-refractivity contribution is 9.09. The highest BCUT2D eigenvalue weighted by Gasteiger charge is 2.18. The number of hydrogen-bond acceptors (Lipinski definition) is 2. The minimum Gasteiger partial charge on any atom is -0.354 e. The smallest absolute Gasteiger partial charge is 0.217 e. The van der Waals surface area contributed by atoms with Gasteiger partial charge in [-0.25, -0.2) is 0 Å². The van der Waals surface area contributed by atoms with Gasteiger partial charge in [0, 0.05) is 31.4 Å². The molecule has 0 radical (unpaired) electrons. The number of nitrogens with zero attached hydrogens (tertiary/aromatic N) is 1. The van der Waals surface area contributed by atoms with E-state index in [-0.39, 0.29) is 5.91 Å². The minimum atomic E-state index is 0.104. The molecule has 1 N–H and O–H groups in total. The minimum absolute atomic E-state index is 0.104. The van der Waals surface area contributed by atoms with Gasteiger partial charge in [-0.3, -0.25) is 4.79 Å². The summed E-state index contributed by atoms with van der Waals surface area (Å²) in [5.74, 6) is 0.104. The van der Waals surface area contributed by atoms with Crippen molar-refractivity contribution in [2.75, 3.05) is 25.0 Å². The Balaban J connectivity index is 2.10. The molecule has 1 amide bonds. The van der Waals surface area contributed by atoms with Gasteiger partial charge in [-0.15, -0.1) is 0 Å². The third kappa shape index (κ3) is 5.52. The van der Waals surface area contributed by atoms with Crippen LogP contribution < -0.4 is 5.32 Å². The van der Waals surface area contributed by atoms with Crippen LogP contribution >= 0.6 is 15.9 Å². The Hall–Kier alpha value is -0.0900. The van der Waals surface area contributed by atoms with Crippen molar-refractivity contribution in [2.24, 2.45) is 0 Å². The predicted molar refractivity (Wildman–Crippen MR) is 66.3 cm³/mol. The van der Waals surface area contributed by atoms with E-state index in [1.54, 1.807) is 6.92 Å². The fourth-order valence-corrected chi connectivity index (χ4v) is 2.41. The van der Waals surface area contributed by atoms with Crippen molar-refractivity contribution in [3.8, 4) is 0 Å². The van der Waals surface area contributed by atoms with E-state index in [2.05, 4.69) is 26.1 Å². The molecule has 0 aromatic heterocycles. The summed E-state index contributed by atoms with van der Waals surface area (Å²) in [6.45, 7) is 5.07. The third-order valence-electron chi connectivity index (χ3n) is 2.85. The van der Waals surface area contributed by atoms with Gasteiger partial charge in [-0.1, -0.05) is 15.9 Å². The Bertz CT molecular complexity index is 191. The second kappa shape index (κ2) is 7.23. The van der Waals surface area contributed by atoms with Gasteiger partial charge < -0.3 is 10.2 Å². The quantitative estimate of drug-likeness (QED) is 0.613. The Kier molecular flexibility index (Phi) is 6.25. The Labute approximate surface area is 101 Å². The van der Waals surface area contributed by atoms with Crippen molar-refractivity contribution in [3.63, 3.8) is 0 Å². The second-order valence-corrected chi connectivity index (χ2v) is 5.01. The van der Waals surface area contributed by atoms with Crippen LogP contribution in [0.5, 0.6) is 0 Å². The van der Waals surface area contributed by atoms with Gasteiger partial charge in [0.1, 0.15) is 0 Å². The van der Waals surface area contributed by atoms with Crippen molar-refractivity contribution in [2.45, 2.75) is 38.6 Å². The van der Waals surface area contributed by atoms with E-state index < -0.39 is 0 Å². The summed E-state index contributed by atoms with van der Waals surface area (Å²) in [5, 5.41) is 4.10. The molecule has 0 saturated carbocycles. The van der Waals surface area contributed by atoms with Gasteiger partial charge >= 0.3 is 0 Å². The number of nitrogens with one attached hydrogen (secondary N) is 1. The average Bonchev–Trinajstić information content (AvgIpc) is 2.20. The zero-order valence-corrected chi connectivity index (χ0v) is 11.1.